The molecule has 1 aromatic carbocycles. The maximum absolute atomic E-state index is 6.50. The molecule has 0 amide bonds. The van der Waals surface area contributed by atoms with E-state index in [1.165, 1.54) is 0 Å². The van der Waals surface area contributed by atoms with Crippen LogP contribution in [0.3, 0.4) is 0 Å². The maximum Gasteiger partial charge on any atom is 0.283 e. The Bertz CT molecular complexity index is 1040. The average molecular weight is 406 g/mol. The second kappa shape index (κ2) is 6.51. The van der Waals surface area contributed by atoms with Gasteiger partial charge >= 0.3 is 0 Å². The Morgan fingerprint density at radius 3 is 2.60 bits per heavy atom. The molecule has 1 atom stereocenters. The predicted molar refractivity (Wildman–Crippen MR) is 115 cm³/mol. The summed E-state index contributed by atoms with van der Waals surface area (Å²) in [6.45, 7) is 5.67. The van der Waals surface area contributed by atoms with Crippen molar-refractivity contribution in [2.24, 2.45) is 16.1 Å². The minimum Gasteiger partial charge on any atom is -0.497 e. The SMILES string of the molecule is COC1=C/C(c2ccc3c(c2)C2(COC(N)=N2)C2(COC2)C(C)(C)O3)=C\C=C\C=C\1. The van der Waals surface area contributed by atoms with Gasteiger partial charge in [0.1, 0.15) is 29.3 Å². The number of benzene rings is 1. The minimum atomic E-state index is -0.645. The number of allylic oxidation sites excluding steroid dienone is 7. The van der Waals surface area contributed by atoms with Crippen LogP contribution in [-0.4, -0.2) is 38.6 Å². The fourth-order valence-corrected chi connectivity index (χ4v) is 4.89. The van der Waals surface area contributed by atoms with Crippen molar-refractivity contribution in [1.82, 2.24) is 0 Å². The summed E-state index contributed by atoms with van der Waals surface area (Å²) in [5.41, 5.74) is 7.62. The third-order valence-corrected chi connectivity index (χ3v) is 6.79. The van der Waals surface area contributed by atoms with Crippen molar-refractivity contribution in [3.8, 4) is 5.75 Å². The highest BCUT2D eigenvalue weighted by Crippen LogP contribution is 2.62. The Hall–Kier alpha value is -2.99. The molecule has 2 N–H and O–H groups in total. The maximum atomic E-state index is 6.50. The summed E-state index contributed by atoms with van der Waals surface area (Å²) in [4.78, 5) is 4.87. The van der Waals surface area contributed by atoms with E-state index in [1.54, 1.807) is 7.11 Å². The van der Waals surface area contributed by atoms with Gasteiger partial charge in [0.15, 0.2) is 0 Å². The smallest absolute Gasteiger partial charge is 0.283 e. The number of amidine groups is 1. The van der Waals surface area contributed by atoms with E-state index < -0.39 is 11.1 Å². The Balaban J connectivity index is 1.69. The lowest BCUT2D eigenvalue weighted by Gasteiger charge is -2.61. The van der Waals surface area contributed by atoms with Crippen molar-refractivity contribution in [1.29, 1.82) is 0 Å². The molecule has 3 heterocycles. The second-order valence-electron chi connectivity index (χ2n) is 8.61. The largest absolute Gasteiger partial charge is 0.497 e. The molecule has 156 valence electrons. The summed E-state index contributed by atoms with van der Waals surface area (Å²) >= 11 is 0. The number of methoxy groups -OCH3 is 1. The number of aliphatic imine (C=N–C) groups is 1. The van der Waals surface area contributed by atoms with E-state index in [-0.39, 0.29) is 11.4 Å². The monoisotopic (exact) mass is 406 g/mol. The van der Waals surface area contributed by atoms with Crippen LogP contribution < -0.4 is 10.5 Å². The van der Waals surface area contributed by atoms with Crippen molar-refractivity contribution in [2.45, 2.75) is 25.0 Å². The number of nitrogens with zero attached hydrogens (tertiary/aromatic N) is 1. The number of ether oxygens (including phenoxy) is 4. The van der Waals surface area contributed by atoms with Gasteiger partial charge in [0.25, 0.3) is 6.02 Å². The first-order chi connectivity index (χ1) is 14.4. The second-order valence-corrected chi connectivity index (χ2v) is 8.61. The van der Waals surface area contributed by atoms with E-state index in [0.717, 1.165) is 28.2 Å². The summed E-state index contributed by atoms with van der Waals surface area (Å²) < 4.78 is 23.4. The van der Waals surface area contributed by atoms with Crippen molar-refractivity contribution >= 4 is 11.6 Å². The number of rotatable bonds is 2. The lowest BCUT2D eigenvalue weighted by atomic mass is 9.55. The fourth-order valence-electron chi connectivity index (χ4n) is 4.89. The van der Waals surface area contributed by atoms with E-state index in [4.69, 9.17) is 29.7 Å². The first-order valence-electron chi connectivity index (χ1n) is 10.1. The van der Waals surface area contributed by atoms with Crippen molar-refractivity contribution in [3.63, 3.8) is 0 Å². The summed E-state index contributed by atoms with van der Waals surface area (Å²) in [5.74, 6) is 1.59. The highest BCUT2D eigenvalue weighted by atomic mass is 16.5. The van der Waals surface area contributed by atoms with Gasteiger partial charge in [-0.2, -0.15) is 0 Å². The Kier molecular flexibility index (Phi) is 4.12. The van der Waals surface area contributed by atoms with Crippen molar-refractivity contribution in [3.05, 3.63) is 71.5 Å². The minimum absolute atomic E-state index is 0.218. The zero-order valence-electron chi connectivity index (χ0n) is 17.5. The Morgan fingerprint density at radius 1 is 1.10 bits per heavy atom. The Labute approximate surface area is 176 Å². The third kappa shape index (κ3) is 2.50. The molecule has 6 nitrogen and oxygen atoms in total. The van der Waals surface area contributed by atoms with Crippen LogP contribution in [0.2, 0.25) is 0 Å². The highest BCUT2D eigenvalue weighted by molar-refractivity contribution is 5.79. The first-order valence-corrected chi connectivity index (χ1v) is 10.1. The molecular weight excluding hydrogens is 380 g/mol. The van der Waals surface area contributed by atoms with Crippen LogP contribution in [0.4, 0.5) is 0 Å². The van der Waals surface area contributed by atoms with Gasteiger partial charge in [-0.1, -0.05) is 30.4 Å². The molecule has 30 heavy (non-hydrogen) atoms. The van der Waals surface area contributed by atoms with Gasteiger partial charge in [-0.15, -0.1) is 0 Å². The fraction of sp³-hybridized carbons (Fsp3) is 0.375. The summed E-state index contributed by atoms with van der Waals surface area (Å²) in [7, 11) is 1.67. The molecule has 0 aromatic heterocycles. The molecule has 6 heteroatoms. The molecular formula is C24H26N2O4. The number of hydrogen-bond acceptors (Lipinski definition) is 6. The van der Waals surface area contributed by atoms with Crippen LogP contribution >= 0.6 is 0 Å². The predicted octanol–water partition coefficient (Wildman–Crippen LogP) is 3.45. The normalized spacial score (nSPS) is 33.2. The topological polar surface area (TPSA) is 75.3 Å². The Morgan fingerprint density at radius 2 is 1.93 bits per heavy atom. The van der Waals surface area contributed by atoms with Crippen LogP contribution in [0.1, 0.15) is 25.0 Å². The molecule has 4 aliphatic rings. The van der Waals surface area contributed by atoms with Crippen LogP contribution in [0.15, 0.2) is 65.4 Å². The molecule has 1 saturated heterocycles. The van der Waals surface area contributed by atoms with Gasteiger partial charge < -0.3 is 24.7 Å². The molecule has 0 radical (unpaired) electrons. The van der Waals surface area contributed by atoms with E-state index in [9.17, 15) is 0 Å². The summed E-state index contributed by atoms with van der Waals surface area (Å²) in [6.07, 6.45) is 12.0. The van der Waals surface area contributed by atoms with E-state index in [1.807, 2.05) is 36.4 Å². The number of hydrogen-bond donors (Lipinski definition) is 1. The molecule has 0 saturated carbocycles. The van der Waals surface area contributed by atoms with Crippen LogP contribution in [0.25, 0.3) is 5.57 Å². The molecule has 1 fully saturated rings. The van der Waals surface area contributed by atoms with Crippen LogP contribution in [0.5, 0.6) is 5.75 Å². The summed E-state index contributed by atoms with van der Waals surface area (Å²) in [6, 6.07) is 6.44. The van der Waals surface area contributed by atoms with Crippen LogP contribution in [-0.2, 0) is 19.7 Å². The molecule has 0 bridgehead atoms. The molecule has 1 aliphatic carbocycles. The lowest BCUT2D eigenvalue weighted by Crippen LogP contribution is -2.71. The molecule has 5 rings (SSSR count). The standard InChI is InChI=1S/C24H26N2O4/c1-22(2)23(13-28-14-23)24(15-29-21(25)26-24)19-12-17(9-10-20(19)30-22)16-7-5-4-6-8-18(11-16)27-3/h4-12H,13-15H2,1-3H3,(H2,25,26)/b5-4+,6-4?,7-5?,8-6+,16-7+,16-11?,18-8?,18-11+. The lowest BCUT2D eigenvalue weighted by molar-refractivity contribution is -0.247. The number of nitrogens with two attached hydrogens (primary N) is 1. The van der Waals surface area contributed by atoms with E-state index in [0.29, 0.717) is 19.8 Å². The molecule has 3 aliphatic heterocycles. The average Bonchev–Trinajstić information content (AvgIpc) is 3.02. The van der Waals surface area contributed by atoms with Gasteiger partial charge in [0, 0.05) is 5.56 Å². The highest BCUT2D eigenvalue weighted by Gasteiger charge is 2.71. The molecule has 2 spiro atoms. The van der Waals surface area contributed by atoms with Crippen molar-refractivity contribution in [2.75, 3.05) is 26.9 Å². The third-order valence-electron chi connectivity index (χ3n) is 6.79. The number of fused-ring (bicyclic) bond motifs is 3. The van der Waals surface area contributed by atoms with Crippen LogP contribution in [0, 0.1) is 5.41 Å². The van der Waals surface area contributed by atoms with Gasteiger partial charge in [-0.3, -0.25) is 0 Å². The van der Waals surface area contributed by atoms with Gasteiger partial charge in [-0.25, -0.2) is 4.99 Å². The molecule has 1 unspecified atom stereocenters. The zero-order chi connectivity index (χ0) is 21.0. The van der Waals surface area contributed by atoms with Gasteiger partial charge in [0.05, 0.1) is 25.7 Å². The quantitative estimate of drug-likeness (QED) is 0.814. The van der Waals surface area contributed by atoms with Crippen molar-refractivity contribution < 1.29 is 18.9 Å². The zero-order valence-corrected chi connectivity index (χ0v) is 17.5. The van der Waals surface area contributed by atoms with Gasteiger partial charge in [0.2, 0.25) is 0 Å². The first kappa shape index (κ1) is 19.0. The van der Waals surface area contributed by atoms with Gasteiger partial charge in [-0.05, 0) is 49.3 Å². The van der Waals surface area contributed by atoms with E-state index >= 15 is 0 Å². The summed E-state index contributed by atoms with van der Waals surface area (Å²) in [5, 5.41) is 0. The molecule has 1 aromatic rings. The van der Waals surface area contributed by atoms with E-state index in [2.05, 4.69) is 32.1 Å².